The van der Waals surface area contributed by atoms with E-state index in [1.807, 2.05) is 17.1 Å². The smallest absolute Gasteiger partial charge is 0.140 e. The van der Waals surface area contributed by atoms with Crippen LogP contribution in [0.2, 0.25) is 0 Å². The Morgan fingerprint density at radius 2 is 2.07 bits per heavy atom. The highest BCUT2D eigenvalue weighted by Gasteiger charge is 2.49. The zero-order valence-electron chi connectivity index (χ0n) is 9.87. The first kappa shape index (κ1) is 10.4. The Labute approximate surface area is 90.5 Å². The third kappa shape index (κ3) is 1.60. The Morgan fingerprint density at radius 1 is 1.47 bits per heavy atom. The molecule has 2 rings (SSSR count). The van der Waals surface area contributed by atoms with Crippen molar-refractivity contribution < 1.29 is 4.79 Å². The molecule has 1 saturated carbocycles. The number of hydrogen-bond donors (Lipinski definition) is 0. The van der Waals surface area contributed by atoms with E-state index in [4.69, 9.17) is 0 Å². The molecule has 0 spiro atoms. The van der Waals surface area contributed by atoms with E-state index in [0.29, 0.717) is 0 Å². The quantitative estimate of drug-likeness (QED) is 0.744. The standard InChI is InChI=1S/C12H18N2O/c1-9(15)12(5-6-12)10-7-13-14(8-10)11(2,3)4/h7-8H,5-6H2,1-4H3. The van der Waals surface area contributed by atoms with Crippen molar-refractivity contribution in [2.45, 2.75) is 51.5 Å². The molecule has 0 atom stereocenters. The lowest BCUT2D eigenvalue weighted by molar-refractivity contribution is -0.119. The Balaban J connectivity index is 2.33. The maximum absolute atomic E-state index is 11.6. The fourth-order valence-electron chi connectivity index (χ4n) is 1.91. The summed E-state index contributed by atoms with van der Waals surface area (Å²) < 4.78 is 1.94. The summed E-state index contributed by atoms with van der Waals surface area (Å²) in [7, 11) is 0. The number of carbonyl (C=O) groups is 1. The molecule has 0 bridgehead atoms. The molecule has 0 saturated heterocycles. The maximum atomic E-state index is 11.6. The van der Waals surface area contributed by atoms with E-state index in [1.54, 1.807) is 6.92 Å². The van der Waals surface area contributed by atoms with Crippen LogP contribution in [0.4, 0.5) is 0 Å². The third-order valence-corrected chi connectivity index (χ3v) is 3.25. The van der Waals surface area contributed by atoms with Crippen molar-refractivity contribution in [1.29, 1.82) is 0 Å². The highest BCUT2D eigenvalue weighted by Crippen LogP contribution is 2.48. The molecule has 1 fully saturated rings. The zero-order chi connectivity index (χ0) is 11.3. The topological polar surface area (TPSA) is 34.9 Å². The molecule has 1 aliphatic carbocycles. The number of aromatic nitrogens is 2. The summed E-state index contributed by atoms with van der Waals surface area (Å²) in [4.78, 5) is 11.6. The fraction of sp³-hybridized carbons (Fsp3) is 0.667. The second-order valence-electron chi connectivity index (χ2n) is 5.48. The number of hydrogen-bond acceptors (Lipinski definition) is 2. The van der Waals surface area contributed by atoms with E-state index in [1.165, 1.54) is 0 Å². The summed E-state index contributed by atoms with van der Waals surface area (Å²) in [5.41, 5.74) is 0.888. The van der Waals surface area contributed by atoms with Gasteiger partial charge in [0, 0.05) is 11.8 Å². The van der Waals surface area contributed by atoms with Gasteiger partial charge in [-0.25, -0.2) is 0 Å². The van der Waals surface area contributed by atoms with E-state index in [-0.39, 0.29) is 16.7 Å². The zero-order valence-corrected chi connectivity index (χ0v) is 9.87. The third-order valence-electron chi connectivity index (χ3n) is 3.25. The molecular weight excluding hydrogens is 188 g/mol. The van der Waals surface area contributed by atoms with Gasteiger partial charge in [0.05, 0.1) is 17.2 Å². The number of carbonyl (C=O) groups excluding carboxylic acids is 1. The summed E-state index contributed by atoms with van der Waals surface area (Å²) in [5, 5.41) is 4.34. The summed E-state index contributed by atoms with van der Waals surface area (Å²) in [6.07, 6.45) is 5.84. The minimum absolute atomic E-state index is 0.00881. The molecule has 82 valence electrons. The van der Waals surface area contributed by atoms with Crippen molar-refractivity contribution in [2.75, 3.05) is 0 Å². The molecule has 0 aliphatic heterocycles. The average molecular weight is 206 g/mol. The maximum Gasteiger partial charge on any atom is 0.140 e. The van der Waals surface area contributed by atoms with E-state index in [2.05, 4.69) is 25.9 Å². The molecule has 1 aromatic heterocycles. The first-order valence-electron chi connectivity index (χ1n) is 5.43. The minimum Gasteiger partial charge on any atom is -0.299 e. The van der Waals surface area contributed by atoms with Crippen LogP contribution in [0.15, 0.2) is 12.4 Å². The van der Waals surface area contributed by atoms with Gasteiger partial charge < -0.3 is 0 Å². The Hall–Kier alpha value is -1.12. The lowest BCUT2D eigenvalue weighted by atomic mass is 9.95. The van der Waals surface area contributed by atoms with Gasteiger partial charge in [-0.2, -0.15) is 5.10 Å². The second kappa shape index (κ2) is 2.94. The monoisotopic (exact) mass is 206 g/mol. The number of nitrogens with zero attached hydrogens (tertiary/aromatic N) is 2. The second-order valence-corrected chi connectivity index (χ2v) is 5.48. The number of ketones is 1. The largest absolute Gasteiger partial charge is 0.299 e. The van der Waals surface area contributed by atoms with Gasteiger partial charge in [-0.15, -0.1) is 0 Å². The van der Waals surface area contributed by atoms with E-state index >= 15 is 0 Å². The van der Waals surface area contributed by atoms with Gasteiger partial charge in [0.15, 0.2) is 0 Å². The lowest BCUT2D eigenvalue weighted by Crippen LogP contribution is -2.22. The van der Waals surface area contributed by atoms with Crippen LogP contribution in [0.25, 0.3) is 0 Å². The normalized spacial score (nSPS) is 18.9. The molecule has 3 heteroatoms. The Morgan fingerprint density at radius 3 is 2.40 bits per heavy atom. The minimum atomic E-state index is -0.191. The van der Waals surface area contributed by atoms with Gasteiger partial charge in [0.2, 0.25) is 0 Å². The SMILES string of the molecule is CC(=O)C1(c2cnn(C(C)(C)C)c2)CC1. The number of rotatable bonds is 2. The first-order valence-corrected chi connectivity index (χ1v) is 5.43. The van der Waals surface area contributed by atoms with Crippen LogP contribution in [0.5, 0.6) is 0 Å². The van der Waals surface area contributed by atoms with Gasteiger partial charge in [0.1, 0.15) is 5.78 Å². The van der Waals surface area contributed by atoms with Crippen molar-refractivity contribution in [3.63, 3.8) is 0 Å². The van der Waals surface area contributed by atoms with Gasteiger partial charge in [-0.1, -0.05) is 0 Å². The highest BCUT2D eigenvalue weighted by molar-refractivity contribution is 5.90. The van der Waals surface area contributed by atoms with E-state index < -0.39 is 0 Å². The van der Waals surface area contributed by atoms with Crippen molar-refractivity contribution in [3.8, 4) is 0 Å². The molecule has 0 aromatic carbocycles. The molecule has 1 heterocycles. The van der Waals surface area contributed by atoms with Crippen molar-refractivity contribution in [2.24, 2.45) is 0 Å². The predicted molar refractivity (Wildman–Crippen MR) is 58.8 cm³/mol. The van der Waals surface area contributed by atoms with E-state index in [0.717, 1.165) is 18.4 Å². The van der Waals surface area contributed by atoms with Crippen LogP contribution >= 0.6 is 0 Å². The van der Waals surface area contributed by atoms with Crippen LogP contribution in [0.1, 0.15) is 46.1 Å². The molecular formula is C12H18N2O. The Kier molecular flexibility index (Phi) is 2.04. The summed E-state index contributed by atoms with van der Waals surface area (Å²) >= 11 is 0. The van der Waals surface area contributed by atoms with Crippen LogP contribution in [0.3, 0.4) is 0 Å². The van der Waals surface area contributed by atoms with Crippen molar-refractivity contribution in [3.05, 3.63) is 18.0 Å². The fourth-order valence-corrected chi connectivity index (χ4v) is 1.91. The molecule has 0 amide bonds. The van der Waals surface area contributed by atoms with Gasteiger partial charge in [-0.3, -0.25) is 9.48 Å². The van der Waals surface area contributed by atoms with Crippen LogP contribution in [-0.2, 0) is 15.7 Å². The molecule has 0 radical (unpaired) electrons. The first-order chi connectivity index (χ1) is 6.86. The van der Waals surface area contributed by atoms with Crippen LogP contribution in [-0.4, -0.2) is 15.6 Å². The summed E-state index contributed by atoms with van der Waals surface area (Å²) in [5.74, 6) is 0.274. The Bertz CT molecular complexity index is 394. The van der Waals surface area contributed by atoms with E-state index in [9.17, 15) is 4.79 Å². The van der Waals surface area contributed by atoms with Crippen LogP contribution in [0, 0.1) is 0 Å². The lowest BCUT2D eigenvalue weighted by Gasteiger charge is -2.19. The molecule has 1 aromatic rings. The van der Waals surface area contributed by atoms with Gasteiger partial charge >= 0.3 is 0 Å². The summed E-state index contributed by atoms with van der Waals surface area (Å²) in [6.45, 7) is 8.01. The van der Waals surface area contributed by atoms with Crippen LogP contribution < -0.4 is 0 Å². The predicted octanol–water partition coefficient (Wildman–Crippen LogP) is 2.26. The van der Waals surface area contributed by atoms with Crippen molar-refractivity contribution >= 4 is 5.78 Å². The van der Waals surface area contributed by atoms with Gasteiger partial charge in [0.25, 0.3) is 0 Å². The summed E-state index contributed by atoms with van der Waals surface area (Å²) in [6, 6.07) is 0. The molecule has 0 unspecified atom stereocenters. The molecule has 3 nitrogen and oxygen atoms in total. The highest BCUT2D eigenvalue weighted by atomic mass is 16.1. The molecule has 15 heavy (non-hydrogen) atoms. The van der Waals surface area contributed by atoms with Gasteiger partial charge in [-0.05, 0) is 40.5 Å². The van der Waals surface area contributed by atoms with Crippen molar-refractivity contribution in [1.82, 2.24) is 9.78 Å². The molecule has 0 N–H and O–H groups in total. The molecule has 1 aliphatic rings. The number of Topliss-reactive ketones (excluding diaryl/α,β-unsaturated/α-hetero) is 1. The average Bonchev–Trinajstić information content (AvgIpc) is 2.75.